The molecule has 2 aliphatic carbocycles. The van der Waals surface area contributed by atoms with Gasteiger partial charge in [-0.15, -0.1) is 11.3 Å². The topological polar surface area (TPSA) is 64.0 Å². The fourth-order valence-corrected chi connectivity index (χ4v) is 6.88. The smallest absolute Gasteiger partial charge is 0.263 e. The molecule has 1 N–H and O–H groups in total. The maximum atomic E-state index is 13.5. The Morgan fingerprint density at radius 1 is 1.29 bits per heavy atom. The molecule has 0 radical (unpaired) electrons. The van der Waals surface area contributed by atoms with Crippen LogP contribution in [0.3, 0.4) is 0 Å². The summed E-state index contributed by atoms with van der Waals surface area (Å²) in [5.41, 5.74) is 2.18. The molecule has 1 amide bonds. The zero-order valence-electron chi connectivity index (χ0n) is 17.9. The van der Waals surface area contributed by atoms with E-state index in [1.807, 2.05) is 37.3 Å². The molecule has 0 spiro atoms. The van der Waals surface area contributed by atoms with Gasteiger partial charge in [0.25, 0.3) is 5.56 Å². The van der Waals surface area contributed by atoms with E-state index in [0.717, 1.165) is 47.9 Å². The number of carbonyl (C=O) groups is 1. The fraction of sp³-hybridized carbons (Fsp3) is 0.458. The maximum Gasteiger partial charge on any atom is 0.263 e. The number of amides is 1. The summed E-state index contributed by atoms with van der Waals surface area (Å²) in [7, 11) is 0. The largest absolute Gasteiger partial charge is 0.352 e. The van der Waals surface area contributed by atoms with Crippen LogP contribution in [0.1, 0.15) is 54.4 Å². The summed E-state index contributed by atoms with van der Waals surface area (Å²) in [5.74, 6) is 0.645. The molecule has 1 aromatic carbocycles. The van der Waals surface area contributed by atoms with Crippen LogP contribution in [-0.4, -0.2) is 21.5 Å². The Kier molecular flexibility index (Phi) is 5.65. The van der Waals surface area contributed by atoms with E-state index >= 15 is 0 Å². The van der Waals surface area contributed by atoms with E-state index in [0.29, 0.717) is 17.6 Å². The predicted molar refractivity (Wildman–Crippen MR) is 127 cm³/mol. The van der Waals surface area contributed by atoms with Gasteiger partial charge in [0, 0.05) is 17.5 Å². The number of hydrogen-bond donors (Lipinski definition) is 1. The SMILES string of the molecule is CCn1c(SC(C(=O)NC2CC2)c2ccccc2)nc2sc3c(c2c1=O)CCC(C)C3. The van der Waals surface area contributed by atoms with E-state index < -0.39 is 5.25 Å². The molecule has 0 aliphatic heterocycles. The highest BCUT2D eigenvalue weighted by Crippen LogP contribution is 2.39. The number of benzene rings is 1. The van der Waals surface area contributed by atoms with Crippen molar-refractivity contribution in [3.63, 3.8) is 0 Å². The van der Waals surface area contributed by atoms with Gasteiger partial charge in [0.05, 0.1) is 5.39 Å². The van der Waals surface area contributed by atoms with Gasteiger partial charge in [-0.05, 0) is 56.1 Å². The number of aryl methyl sites for hydroxylation is 1. The Labute approximate surface area is 190 Å². The number of rotatable bonds is 6. The van der Waals surface area contributed by atoms with E-state index in [1.54, 1.807) is 15.9 Å². The quantitative estimate of drug-likeness (QED) is 0.433. The summed E-state index contributed by atoms with van der Waals surface area (Å²) in [6, 6.07) is 10.1. The van der Waals surface area contributed by atoms with Crippen molar-refractivity contribution in [2.24, 2.45) is 5.92 Å². The third kappa shape index (κ3) is 4.05. The van der Waals surface area contributed by atoms with Crippen LogP contribution in [0, 0.1) is 5.92 Å². The van der Waals surface area contributed by atoms with Crippen LogP contribution in [-0.2, 0) is 24.2 Å². The minimum absolute atomic E-state index is 0.00463. The van der Waals surface area contributed by atoms with Gasteiger partial charge in [-0.1, -0.05) is 49.0 Å². The van der Waals surface area contributed by atoms with Crippen molar-refractivity contribution in [2.75, 3.05) is 0 Å². The van der Waals surface area contributed by atoms with E-state index in [2.05, 4.69) is 12.2 Å². The van der Waals surface area contributed by atoms with Crippen LogP contribution in [0.5, 0.6) is 0 Å². The molecule has 1 saturated carbocycles. The molecular weight excluding hydrogens is 426 g/mol. The van der Waals surface area contributed by atoms with Crippen LogP contribution in [0.15, 0.2) is 40.3 Å². The van der Waals surface area contributed by atoms with Crippen molar-refractivity contribution in [3.8, 4) is 0 Å². The Morgan fingerprint density at radius 2 is 2.06 bits per heavy atom. The Bertz CT molecular complexity index is 1180. The first-order valence-electron chi connectivity index (χ1n) is 11.1. The van der Waals surface area contributed by atoms with Gasteiger partial charge in [-0.25, -0.2) is 4.98 Å². The first kappa shape index (κ1) is 20.8. The number of hydrogen-bond acceptors (Lipinski definition) is 5. The van der Waals surface area contributed by atoms with E-state index in [9.17, 15) is 9.59 Å². The lowest BCUT2D eigenvalue weighted by atomic mass is 9.89. The standard InChI is InChI=1S/C24H27N3O2S2/c1-3-27-23(29)19-17-12-9-14(2)13-18(17)30-22(19)26-24(27)31-20(15-7-5-4-6-8-15)21(28)25-16-10-11-16/h4-8,14,16,20H,3,9-13H2,1-2H3,(H,25,28). The van der Waals surface area contributed by atoms with Gasteiger partial charge >= 0.3 is 0 Å². The minimum Gasteiger partial charge on any atom is -0.352 e. The van der Waals surface area contributed by atoms with Crippen molar-refractivity contribution < 1.29 is 4.79 Å². The van der Waals surface area contributed by atoms with Crippen LogP contribution < -0.4 is 10.9 Å². The molecule has 2 unspecified atom stereocenters. The van der Waals surface area contributed by atoms with Gasteiger partial charge in [0.15, 0.2) is 5.16 Å². The summed E-state index contributed by atoms with van der Waals surface area (Å²) in [6.07, 6.45) is 5.20. The van der Waals surface area contributed by atoms with Crippen LogP contribution in [0.2, 0.25) is 0 Å². The monoisotopic (exact) mass is 453 g/mol. The van der Waals surface area contributed by atoms with Crippen LogP contribution in [0.25, 0.3) is 10.2 Å². The summed E-state index contributed by atoms with van der Waals surface area (Å²) in [5, 5.41) is 4.14. The van der Waals surface area contributed by atoms with Crippen LogP contribution >= 0.6 is 23.1 Å². The fourth-order valence-electron chi connectivity index (χ4n) is 4.28. The lowest BCUT2D eigenvalue weighted by Crippen LogP contribution is -2.30. The molecule has 0 saturated heterocycles. The normalized spacial score (nSPS) is 19.2. The lowest BCUT2D eigenvalue weighted by molar-refractivity contribution is -0.120. The summed E-state index contributed by atoms with van der Waals surface area (Å²) in [4.78, 5) is 33.7. The van der Waals surface area contributed by atoms with Crippen molar-refractivity contribution in [2.45, 2.75) is 68.9 Å². The van der Waals surface area contributed by atoms with Gasteiger partial charge in [-0.3, -0.25) is 14.2 Å². The third-order valence-corrected chi connectivity index (χ3v) is 8.58. The molecule has 2 aliphatic rings. The van der Waals surface area contributed by atoms with E-state index in [4.69, 9.17) is 4.98 Å². The highest BCUT2D eigenvalue weighted by atomic mass is 32.2. The second-order valence-electron chi connectivity index (χ2n) is 8.67. The van der Waals surface area contributed by atoms with E-state index in [-0.39, 0.29) is 17.5 Å². The van der Waals surface area contributed by atoms with Gasteiger partial charge < -0.3 is 5.32 Å². The second kappa shape index (κ2) is 8.43. The first-order valence-corrected chi connectivity index (χ1v) is 12.8. The van der Waals surface area contributed by atoms with Crippen molar-refractivity contribution in [1.29, 1.82) is 0 Å². The predicted octanol–water partition coefficient (Wildman–Crippen LogP) is 4.71. The highest BCUT2D eigenvalue weighted by Gasteiger charge is 2.31. The average Bonchev–Trinajstić information content (AvgIpc) is 3.50. The highest BCUT2D eigenvalue weighted by molar-refractivity contribution is 8.00. The lowest BCUT2D eigenvalue weighted by Gasteiger charge is -2.19. The molecular formula is C24H27N3O2S2. The minimum atomic E-state index is -0.432. The number of carbonyl (C=O) groups excluding carboxylic acids is 1. The molecule has 2 atom stereocenters. The molecule has 162 valence electrons. The molecule has 3 aromatic rings. The van der Waals surface area contributed by atoms with Crippen molar-refractivity contribution in [1.82, 2.24) is 14.9 Å². The van der Waals surface area contributed by atoms with Crippen molar-refractivity contribution >= 4 is 39.2 Å². The number of thiophene rings is 1. The number of thioether (sulfide) groups is 1. The van der Waals surface area contributed by atoms with Crippen molar-refractivity contribution in [3.05, 3.63) is 56.7 Å². The molecule has 31 heavy (non-hydrogen) atoms. The number of aromatic nitrogens is 2. The zero-order chi connectivity index (χ0) is 21.5. The molecule has 2 heterocycles. The molecule has 0 bridgehead atoms. The maximum absolute atomic E-state index is 13.5. The first-order chi connectivity index (χ1) is 15.0. The zero-order valence-corrected chi connectivity index (χ0v) is 19.5. The van der Waals surface area contributed by atoms with Crippen LogP contribution in [0.4, 0.5) is 0 Å². The van der Waals surface area contributed by atoms with Gasteiger partial charge in [0.2, 0.25) is 5.91 Å². The average molecular weight is 454 g/mol. The third-order valence-electron chi connectivity index (χ3n) is 6.18. The van der Waals surface area contributed by atoms with E-state index in [1.165, 1.54) is 22.2 Å². The van der Waals surface area contributed by atoms with Gasteiger partial charge in [-0.2, -0.15) is 0 Å². The number of nitrogens with one attached hydrogen (secondary N) is 1. The number of nitrogens with zero attached hydrogens (tertiary/aromatic N) is 2. The summed E-state index contributed by atoms with van der Waals surface area (Å²) >= 11 is 3.06. The summed E-state index contributed by atoms with van der Waals surface area (Å²) < 4.78 is 1.75. The Balaban J connectivity index is 1.57. The molecule has 5 nitrogen and oxygen atoms in total. The second-order valence-corrected chi connectivity index (χ2v) is 10.8. The number of fused-ring (bicyclic) bond motifs is 3. The molecule has 5 rings (SSSR count). The summed E-state index contributed by atoms with van der Waals surface area (Å²) in [6.45, 7) is 4.79. The van der Waals surface area contributed by atoms with Gasteiger partial charge in [0.1, 0.15) is 10.1 Å². The molecule has 1 fully saturated rings. The molecule has 2 aromatic heterocycles. The Morgan fingerprint density at radius 3 is 2.77 bits per heavy atom. The Hall–Kier alpha value is -2.12. The molecule has 7 heteroatoms.